The quantitative estimate of drug-likeness (QED) is 0.883. The molecule has 1 aliphatic rings. The Bertz CT molecular complexity index is 507. The third-order valence-electron chi connectivity index (χ3n) is 3.05. The molecule has 1 saturated heterocycles. The molecule has 0 aliphatic carbocycles. The zero-order valence-corrected chi connectivity index (χ0v) is 13.5. The van der Waals surface area contributed by atoms with Crippen molar-refractivity contribution >= 4 is 37.3 Å². The van der Waals surface area contributed by atoms with Gasteiger partial charge in [-0.15, -0.1) is 11.3 Å². The molecule has 4 nitrogen and oxygen atoms in total. The minimum absolute atomic E-state index is 0.390. The van der Waals surface area contributed by atoms with Crippen molar-refractivity contribution in [1.29, 1.82) is 0 Å². The van der Waals surface area contributed by atoms with Crippen LogP contribution >= 0.6 is 27.3 Å². The maximum absolute atomic E-state index is 12.1. The van der Waals surface area contributed by atoms with Crippen LogP contribution in [0, 0.1) is 6.92 Å². The standard InChI is InChI=1S/C11H17BrN2O2S2/c1-9-10(8-11(12)17-9)18(15,16)13-4-7-14-5-2-3-6-14/h8,13H,2-7H2,1H3. The van der Waals surface area contributed by atoms with Gasteiger partial charge in [0, 0.05) is 18.0 Å². The highest BCUT2D eigenvalue weighted by Crippen LogP contribution is 2.29. The van der Waals surface area contributed by atoms with Crippen LogP contribution in [-0.4, -0.2) is 39.5 Å². The lowest BCUT2D eigenvalue weighted by molar-refractivity contribution is 0.344. The van der Waals surface area contributed by atoms with Crippen LogP contribution in [0.4, 0.5) is 0 Å². The van der Waals surface area contributed by atoms with E-state index in [1.807, 2.05) is 6.92 Å². The SMILES string of the molecule is Cc1sc(Br)cc1S(=O)(=O)NCCN1CCCC1. The van der Waals surface area contributed by atoms with Crippen molar-refractivity contribution in [3.8, 4) is 0 Å². The zero-order chi connectivity index (χ0) is 13.2. The van der Waals surface area contributed by atoms with E-state index in [0.717, 1.165) is 28.3 Å². The summed E-state index contributed by atoms with van der Waals surface area (Å²) in [6.07, 6.45) is 2.45. The molecular formula is C11H17BrN2O2S2. The van der Waals surface area contributed by atoms with Crippen molar-refractivity contribution in [2.24, 2.45) is 0 Å². The van der Waals surface area contributed by atoms with Gasteiger partial charge in [-0.2, -0.15) is 0 Å². The molecule has 1 aliphatic heterocycles. The fourth-order valence-corrected chi connectivity index (χ4v) is 5.55. The lowest BCUT2D eigenvalue weighted by Crippen LogP contribution is -2.33. The molecule has 0 unspecified atom stereocenters. The van der Waals surface area contributed by atoms with Crippen LogP contribution < -0.4 is 4.72 Å². The molecule has 0 saturated carbocycles. The van der Waals surface area contributed by atoms with Gasteiger partial charge in [-0.1, -0.05) is 0 Å². The zero-order valence-electron chi connectivity index (χ0n) is 10.3. The van der Waals surface area contributed by atoms with Crippen LogP contribution in [0.15, 0.2) is 14.7 Å². The number of nitrogens with zero attached hydrogens (tertiary/aromatic N) is 1. The van der Waals surface area contributed by atoms with Gasteiger partial charge in [0.2, 0.25) is 10.0 Å². The third kappa shape index (κ3) is 3.54. The molecule has 0 radical (unpaired) electrons. The van der Waals surface area contributed by atoms with E-state index in [1.54, 1.807) is 6.07 Å². The van der Waals surface area contributed by atoms with Crippen molar-refractivity contribution < 1.29 is 8.42 Å². The van der Waals surface area contributed by atoms with E-state index >= 15 is 0 Å². The maximum Gasteiger partial charge on any atom is 0.241 e. The molecule has 18 heavy (non-hydrogen) atoms. The molecule has 1 fully saturated rings. The van der Waals surface area contributed by atoms with Crippen LogP contribution in [0.25, 0.3) is 0 Å². The minimum Gasteiger partial charge on any atom is -0.302 e. The second-order valence-electron chi connectivity index (χ2n) is 4.42. The van der Waals surface area contributed by atoms with Gasteiger partial charge >= 0.3 is 0 Å². The lowest BCUT2D eigenvalue weighted by atomic mass is 10.4. The summed E-state index contributed by atoms with van der Waals surface area (Å²) in [4.78, 5) is 3.50. The second-order valence-corrected chi connectivity index (χ2v) is 8.79. The van der Waals surface area contributed by atoms with Crippen LogP contribution in [0.5, 0.6) is 0 Å². The smallest absolute Gasteiger partial charge is 0.241 e. The Hall–Kier alpha value is 0.0500. The second kappa shape index (κ2) is 6.00. The average Bonchev–Trinajstić information content (AvgIpc) is 2.88. The summed E-state index contributed by atoms with van der Waals surface area (Å²) in [7, 11) is -3.36. The molecule has 1 N–H and O–H groups in total. The van der Waals surface area contributed by atoms with E-state index in [9.17, 15) is 8.42 Å². The van der Waals surface area contributed by atoms with Crippen LogP contribution in [0.3, 0.4) is 0 Å². The first kappa shape index (κ1) is 14.5. The Morgan fingerprint density at radius 3 is 2.67 bits per heavy atom. The monoisotopic (exact) mass is 352 g/mol. The van der Waals surface area contributed by atoms with Gasteiger partial charge < -0.3 is 4.90 Å². The Kier molecular flexibility index (Phi) is 4.82. The number of hydrogen-bond donors (Lipinski definition) is 1. The summed E-state index contributed by atoms with van der Waals surface area (Å²) in [5.41, 5.74) is 0. The highest BCUT2D eigenvalue weighted by Gasteiger charge is 2.19. The molecule has 7 heteroatoms. The predicted molar refractivity (Wildman–Crippen MR) is 77.6 cm³/mol. The van der Waals surface area contributed by atoms with Crippen molar-refractivity contribution in [2.75, 3.05) is 26.2 Å². The summed E-state index contributed by atoms with van der Waals surface area (Å²) in [6, 6.07) is 1.66. The molecule has 102 valence electrons. The highest BCUT2D eigenvalue weighted by molar-refractivity contribution is 9.11. The van der Waals surface area contributed by atoms with Crippen molar-refractivity contribution in [1.82, 2.24) is 9.62 Å². The Balaban J connectivity index is 1.93. The van der Waals surface area contributed by atoms with Gasteiger partial charge in [0.15, 0.2) is 0 Å². The Morgan fingerprint density at radius 2 is 2.11 bits per heavy atom. The number of thiophene rings is 1. The van der Waals surface area contributed by atoms with E-state index in [2.05, 4.69) is 25.6 Å². The summed E-state index contributed by atoms with van der Waals surface area (Å²) in [5.74, 6) is 0. The maximum atomic E-state index is 12.1. The van der Waals surface area contributed by atoms with Gasteiger partial charge in [0.1, 0.15) is 0 Å². The molecular weight excluding hydrogens is 336 g/mol. The van der Waals surface area contributed by atoms with E-state index < -0.39 is 10.0 Å². The molecule has 0 spiro atoms. The van der Waals surface area contributed by atoms with Gasteiger partial charge in [0.05, 0.1) is 8.68 Å². The van der Waals surface area contributed by atoms with Crippen LogP contribution in [-0.2, 0) is 10.0 Å². The van der Waals surface area contributed by atoms with E-state index in [4.69, 9.17) is 0 Å². The van der Waals surface area contributed by atoms with Crippen LogP contribution in [0.2, 0.25) is 0 Å². The predicted octanol–water partition coefficient (Wildman–Crippen LogP) is 2.19. The first-order valence-electron chi connectivity index (χ1n) is 5.97. The normalized spacial score (nSPS) is 17.4. The minimum atomic E-state index is -3.36. The van der Waals surface area contributed by atoms with Gasteiger partial charge in [-0.25, -0.2) is 13.1 Å². The number of hydrogen-bond acceptors (Lipinski definition) is 4. The van der Waals surface area contributed by atoms with Crippen LogP contribution in [0.1, 0.15) is 17.7 Å². The summed E-state index contributed by atoms with van der Waals surface area (Å²) in [6.45, 7) is 5.28. The number of rotatable bonds is 5. The fourth-order valence-electron chi connectivity index (χ4n) is 2.12. The third-order valence-corrected chi connectivity index (χ3v) is 6.32. The number of aryl methyl sites for hydroxylation is 1. The molecule has 0 bridgehead atoms. The number of likely N-dealkylation sites (tertiary alicyclic amines) is 1. The van der Waals surface area contributed by atoms with E-state index in [1.165, 1.54) is 24.2 Å². The Morgan fingerprint density at radius 1 is 1.44 bits per heavy atom. The van der Waals surface area contributed by atoms with E-state index in [0.29, 0.717) is 11.4 Å². The number of sulfonamides is 1. The molecule has 1 aromatic heterocycles. The van der Waals surface area contributed by atoms with Crippen molar-refractivity contribution in [3.05, 3.63) is 14.7 Å². The topological polar surface area (TPSA) is 49.4 Å². The Labute approximate surface area is 121 Å². The molecule has 1 aromatic rings. The van der Waals surface area contributed by atoms with Crippen molar-refractivity contribution in [3.63, 3.8) is 0 Å². The number of halogens is 1. The van der Waals surface area contributed by atoms with Gasteiger partial charge in [-0.05, 0) is 54.9 Å². The largest absolute Gasteiger partial charge is 0.302 e. The first-order valence-corrected chi connectivity index (χ1v) is 9.06. The molecule has 0 atom stereocenters. The lowest BCUT2D eigenvalue weighted by Gasteiger charge is -2.14. The fraction of sp³-hybridized carbons (Fsp3) is 0.636. The molecule has 0 aromatic carbocycles. The summed E-state index contributed by atoms with van der Waals surface area (Å²) < 4.78 is 27.7. The molecule has 2 rings (SSSR count). The summed E-state index contributed by atoms with van der Waals surface area (Å²) in [5, 5.41) is 0. The van der Waals surface area contributed by atoms with E-state index in [-0.39, 0.29) is 0 Å². The first-order chi connectivity index (χ1) is 8.49. The molecule has 0 amide bonds. The average molecular weight is 353 g/mol. The number of nitrogens with one attached hydrogen (secondary N) is 1. The van der Waals surface area contributed by atoms with Gasteiger partial charge in [0.25, 0.3) is 0 Å². The summed E-state index contributed by atoms with van der Waals surface area (Å²) >= 11 is 4.76. The van der Waals surface area contributed by atoms with Gasteiger partial charge in [-0.3, -0.25) is 0 Å². The van der Waals surface area contributed by atoms with Crippen molar-refractivity contribution in [2.45, 2.75) is 24.7 Å². The highest BCUT2D eigenvalue weighted by atomic mass is 79.9. The molecule has 2 heterocycles.